The fraction of sp³-hybridized carbons (Fsp3) is 0.265. The molecule has 0 saturated heterocycles. The number of ether oxygens (including phenoxy) is 2. The average molecular weight is 567 g/mol. The van der Waals surface area contributed by atoms with Crippen LogP contribution < -0.4 is 20.1 Å². The molecule has 5 rings (SSSR count). The van der Waals surface area contributed by atoms with Gasteiger partial charge in [0.15, 0.2) is 0 Å². The van der Waals surface area contributed by atoms with Crippen LogP contribution in [0.3, 0.4) is 0 Å². The van der Waals surface area contributed by atoms with Gasteiger partial charge in [-0.1, -0.05) is 38.1 Å². The summed E-state index contributed by atoms with van der Waals surface area (Å²) in [6.45, 7) is 3.82. The van der Waals surface area contributed by atoms with E-state index in [4.69, 9.17) is 9.47 Å². The lowest BCUT2D eigenvalue weighted by Crippen LogP contribution is -2.41. The molecular weight excluding hydrogens is 532 g/mol. The fourth-order valence-corrected chi connectivity index (χ4v) is 5.01. The summed E-state index contributed by atoms with van der Waals surface area (Å²) in [4.78, 5) is 36.0. The zero-order chi connectivity index (χ0) is 29.6. The molecule has 0 heterocycles. The van der Waals surface area contributed by atoms with E-state index in [9.17, 15) is 19.5 Å². The lowest BCUT2D eigenvalue weighted by molar-refractivity contribution is -0.125. The van der Waals surface area contributed by atoms with E-state index < -0.39 is 11.9 Å². The van der Waals surface area contributed by atoms with Gasteiger partial charge in [-0.3, -0.25) is 9.59 Å². The molecule has 216 valence electrons. The number of aromatic carboxylic acids is 1. The Morgan fingerprint density at radius 3 is 2.07 bits per heavy atom. The van der Waals surface area contributed by atoms with E-state index in [1.54, 1.807) is 42.5 Å². The van der Waals surface area contributed by atoms with Crippen molar-refractivity contribution < 1.29 is 29.0 Å². The van der Waals surface area contributed by atoms with Crippen LogP contribution in [0.25, 0.3) is 10.8 Å². The first-order chi connectivity index (χ1) is 20.2. The Morgan fingerprint density at radius 1 is 0.786 bits per heavy atom. The van der Waals surface area contributed by atoms with E-state index in [0.29, 0.717) is 17.1 Å². The molecular formula is C34H34N2O6. The highest BCUT2D eigenvalue weighted by Crippen LogP contribution is 2.30. The van der Waals surface area contributed by atoms with Crippen LogP contribution in [0.1, 0.15) is 60.2 Å². The highest BCUT2D eigenvalue weighted by Gasteiger charge is 2.24. The normalized spacial score (nSPS) is 16.5. The van der Waals surface area contributed by atoms with Crippen molar-refractivity contribution in [3.8, 4) is 17.2 Å². The van der Waals surface area contributed by atoms with Crippen LogP contribution in [0.5, 0.6) is 17.2 Å². The number of fused-ring (bicyclic) bond motifs is 1. The Morgan fingerprint density at radius 2 is 1.40 bits per heavy atom. The summed E-state index contributed by atoms with van der Waals surface area (Å²) in [5.41, 5.74) is 0.638. The Bertz CT molecular complexity index is 1590. The first-order valence-electron chi connectivity index (χ1n) is 14.2. The van der Waals surface area contributed by atoms with E-state index >= 15 is 0 Å². The Kier molecular flexibility index (Phi) is 8.71. The maximum Gasteiger partial charge on any atom is 0.337 e. The predicted molar refractivity (Wildman–Crippen MR) is 161 cm³/mol. The minimum Gasteiger partial charge on any atom is -0.490 e. The van der Waals surface area contributed by atoms with Crippen LogP contribution in [0.4, 0.5) is 5.69 Å². The number of carboxylic acids is 1. The zero-order valence-electron chi connectivity index (χ0n) is 23.6. The lowest BCUT2D eigenvalue weighted by Gasteiger charge is -2.30. The SMILES string of the molecule is CC(C)C(=O)NC1CCC(Oc2ccc3cc(Oc4ccc(C(=O)Nc5ccccc5C(=O)O)cc4)ccc3c2)CC1. The molecule has 0 atom stereocenters. The van der Waals surface area contributed by atoms with Gasteiger partial charge in [-0.25, -0.2) is 4.79 Å². The summed E-state index contributed by atoms with van der Waals surface area (Å²) in [6, 6.07) is 25.0. The number of carbonyl (C=O) groups is 3. The molecule has 0 aliphatic heterocycles. The molecule has 8 nitrogen and oxygen atoms in total. The molecule has 2 amide bonds. The minimum atomic E-state index is -1.11. The number of carboxylic acid groups (broad SMARTS) is 1. The van der Waals surface area contributed by atoms with Gasteiger partial charge in [0.25, 0.3) is 5.91 Å². The van der Waals surface area contributed by atoms with Crippen molar-refractivity contribution >= 4 is 34.2 Å². The van der Waals surface area contributed by atoms with E-state index in [1.807, 2.05) is 50.2 Å². The predicted octanol–water partition coefficient (Wildman–Crippen LogP) is 7.04. The molecule has 0 aromatic heterocycles. The van der Waals surface area contributed by atoms with E-state index in [0.717, 1.165) is 42.2 Å². The molecule has 0 spiro atoms. The van der Waals surface area contributed by atoms with E-state index in [-0.39, 0.29) is 35.2 Å². The maximum absolute atomic E-state index is 12.7. The van der Waals surface area contributed by atoms with Crippen molar-refractivity contribution in [1.82, 2.24) is 5.32 Å². The van der Waals surface area contributed by atoms with Crippen LogP contribution in [0.2, 0.25) is 0 Å². The standard InChI is InChI=1S/C34H34N2O6/c1-21(2)32(37)35-25-11-17-27(18-12-25)42-29-16-10-23-19-28(15-9-24(23)20-29)41-26-13-7-22(8-14-26)33(38)36-31-6-4-3-5-30(31)34(39)40/h3-10,13-16,19-21,25,27H,11-12,17-18H2,1-2H3,(H,35,37)(H,36,38)(H,39,40). The first kappa shape index (κ1) is 28.7. The van der Waals surface area contributed by atoms with Gasteiger partial charge >= 0.3 is 5.97 Å². The summed E-state index contributed by atoms with van der Waals surface area (Å²) >= 11 is 0. The van der Waals surface area contributed by atoms with Crippen molar-refractivity contribution in [3.05, 3.63) is 96.1 Å². The van der Waals surface area contributed by atoms with Gasteiger partial charge in [0.1, 0.15) is 17.2 Å². The van der Waals surface area contributed by atoms with Crippen LogP contribution in [0, 0.1) is 5.92 Å². The number of rotatable bonds is 9. The van der Waals surface area contributed by atoms with Gasteiger partial charge < -0.3 is 25.2 Å². The monoisotopic (exact) mass is 566 g/mol. The number of benzene rings is 4. The van der Waals surface area contributed by atoms with Crippen molar-refractivity contribution in [2.75, 3.05) is 5.32 Å². The fourth-order valence-electron chi connectivity index (χ4n) is 5.01. The van der Waals surface area contributed by atoms with Crippen molar-refractivity contribution in [3.63, 3.8) is 0 Å². The molecule has 4 aromatic carbocycles. The minimum absolute atomic E-state index is 0.00127. The smallest absolute Gasteiger partial charge is 0.337 e. The Balaban J connectivity index is 1.17. The maximum atomic E-state index is 12.7. The van der Waals surface area contributed by atoms with Crippen molar-refractivity contribution in [1.29, 1.82) is 0 Å². The van der Waals surface area contributed by atoms with Crippen LogP contribution >= 0.6 is 0 Å². The first-order valence-corrected chi connectivity index (χ1v) is 14.2. The molecule has 42 heavy (non-hydrogen) atoms. The lowest BCUT2D eigenvalue weighted by atomic mass is 9.92. The second-order valence-corrected chi connectivity index (χ2v) is 10.9. The molecule has 8 heteroatoms. The van der Waals surface area contributed by atoms with E-state index in [1.165, 1.54) is 6.07 Å². The molecule has 0 radical (unpaired) electrons. The zero-order valence-corrected chi connectivity index (χ0v) is 23.6. The molecule has 0 bridgehead atoms. The molecule has 1 saturated carbocycles. The third kappa shape index (κ3) is 7.07. The van der Waals surface area contributed by atoms with Gasteiger partial charge in [0, 0.05) is 17.5 Å². The molecule has 1 aliphatic rings. The number of hydrogen-bond donors (Lipinski definition) is 3. The number of para-hydroxylation sites is 1. The quantitative estimate of drug-likeness (QED) is 0.200. The third-order valence-corrected chi connectivity index (χ3v) is 7.39. The number of amides is 2. The van der Waals surface area contributed by atoms with Crippen LogP contribution in [-0.4, -0.2) is 35.0 Å². The highest BCUT2D eigenvalue weighted by atomic mass is 16.5. The van der Waals surface area contributed by atoms with Crippen LogP contribution in [-0.2, 0) is 4.79 Å². The van der Waals surface area contributed by atoms with Crippen molar-refractivity contribution in [2.45, 2.75) is 51.7 Å². The van der Waals surface area contributed by atoms with Gasteiger partial charge in [-0.2, -0.15) is 0 Å². The number of carbonyl (C=O) groups excluding carboxylic acids is 2. The summed E-state index contributed by atoms with van der Waals surface area (Å²) < 4.78 is 12.3. The highest BCUT2D eigenvalue weighted by molar-refractivity contribution is 6.07. The second-order valence-electron chi connectivity index (χ2n) is 10.9. The average Bonchev–Trinajstić information content (AvgIpc) is 2.98. The van der Waals surface area contributed by atoms with Crippen molar-refractivity contribution in [2.24, 2.45) is 5.92 Å². The summed E-state index contributed by atoms with van der Waals surface area (Å²) in [5, 5.41) is 17.2. The molecule has 1 aliphatic carbocycles. The molecule has 3 N–H and O–H groups in total. The van der Waals surface area contributed by atoms with Gasteiger partial charge in [-0.05, 0) is 97.1 Å². The van der Waals surface area contributed by atoms with Gasteiger partial charge in [0.05, 0.1) is 17.4 Å². The van der Waals surface area contributed by atoms with E-state index in [2.05, 4.69) is 10.6 Å². The number of anilines is 1. The second kappa shape index (κ2) is 12.8. The summed E-state index contributed by atoms with van der Waals surface area (Å²) in [5.74, 6) is 0.635. The summed E-state index contributed by atoms with van der Waals surface area (Å²) in [6.07, 6.45) is 3.78. The Labute approximate surface area is 244 Å². The molecule has 4 aromatic rings. The number of nitrogens with one attached hydrogen (secondary N) is 2. The van der Waals surface area contributed by atoms with Gasteiger partial charge in [0.2, 0.25) is 5.91 Å². The third-order valence-electron chi connectivity index (χ3n) is 7.39. The Hall–Kier alpha value is -4.85. The topological polar surface area (TPSA) is 114 Å². The largest absolute Gasteiger partial charge is 0.490 e. The van der Waals surface area contributed by atoms with Gasteiger partial charge in [-0.15, -0.1) is 0 Å². The summed E-state index contributed by atoms with van der Waals surface area (Å²) in [7, 11) is 0. The molecule has 1 fully saturated rings. The molecule has 0 unspecified atom stereocenters. The van der Waals surface area contributed by atoms with Crippen LogP contribution in [0.15, 0.2) is 84.9 Å². The number of hydrogen-bond acceptors (Lipinski definition) is 5.